The van der Waals surface area contributed by atoms with Crippen LogP contribution in [0.4, 0.5) is 5.82 Å². The molecule has 18 heavy (non-hydrogen) atoms. The molecule has 0 atom stereocenters. The molecule has 1 N–H and O–H groups in total. The summed E-state index contributed by atoms with van der Waals surface area (Å²) in [5.74, 6) is -0.139. The van der Waals surface area contributed by atoms with E-state index in [1.54, 1.807) is 18.2 Å². The van der Waals surface area contributed by atoms with Crippen molar-refractivity contribution in [3.8, 4) is 0 Å². The molecule has 4 nitrogen and oxygen atoms in total. The van der Waals surface area contributed by atoms with Crippen LogP contribution in [0, 0.1) is 0 Å². The molecule has 0 bridgehead atoms. The number of benzene rings is 1. The number of nitrogens with zero attached hydrogens (tertiary/aromatic N) is 2. The predicted octanol–water partition coefficient (Wildman–Crippen LogP) is 3.69. The van der Waals surface area contributed by atoms with E-state index >= 15 is 0 Å². The topological polar surface area (TPSA) is 54.9 Å². The number of halogens is 3. The second-order valence-corrected chi connectivity index (χ2v) is 4.47. The van der Waals surface area contributed by atoms with Gasteiger partial charge in [0.05, 0.1) is 15.6 Å². The Kier molecular flexibility index (Phi) is 4.01. The minimum Gasteiger partial charge on any atom is -0.305 e. The Labute approximate surface area is 118 Å². The lowest BCUT2D eigenvalue weighted by molar-refractivity contribution is 0.102. The van der Waals surface area contributed by atoms with E-state index in [4.69, 9.17) is 34.8 Å². The van der Waals surface area contributed by atoms with Crippen molar-refractivity contribution in [3.05, 3.63) is 51.1 Å². The lowest BCUT2D eigenvalue weighted by Crippen LogP contribution is -2.13. The van der Waals surface area contributed by atoms with Gasteiger partial charge in [-0.15, -0.1) is 10.2 Å². The minimum atomic E-state index is -0.417. The zero-order valence-corrected chi connectivity index (χ0v) is 11.1. The summed E-state index contributed by atoms with van der Waals surface area (Å²) in [6.45, 7) is 0. The van der Waals surface area contributed by atoms with E-state index in [1.807, 2.05) is 0 Å². The van der Waals surface area contributed by atoms with Gasteiger partial charge < -0.3 is 5.32 Å². The molecule has 1 amide bonds. The third kappa shape index (κ3) is 2.90. The number of carbonyl (C=O) groups excluding carboxylic acids is 1. The molecule has 0 spiro atoms. The summed E-state index contributed by atoms with van der Waals surface area (Å²) in [5, 5.41) is 10.6. The Hall–Kier alpha value is -1.36. The van der Waals surface area contributed by atoms with E-state index in [1.165, 1.54) is 12.1 Å². The van der Waals surface area contributed by atoms with Crippen molar-refractivity contribution in [2.24, 2.45) is 0 Å². The number of hydrogen-bond acceptors (Lipinski definition) is 3. The first kappa shape index (κ1) is 13.1. The molecule has 0 saturated heterocycles. The van der Waals surface area contributed by atoms with Gasteiger partial charge in [0.15, 0.2) is 11.0 Å². The summed E-state index contributed by atoms with van der Waals surface area (Å²) in [5.41, 5.74) is 0.265. The van der Waals surface area contributed by atoms with Gasteiger partial charge in [-0.05, 0) is 24.3 Å². The zero-order chi connectivity index (χ0) is 13.1. The Morgan fingerprint density at radius 3 is 2.50 bits per heavy atom. The van der Waals surface area contributed by atoms with E-state index in [-0.39, 0.29) is 21.6 Å². The smallest absolute Gasteiger partial charge is 0.258 e. The van der Waals surface area contributed by atoms with Crippen molar-refractivity contribution < 1.29 is 4.79 Å². The fourth-order valence-corrected chi connectivity index (χ4v) is 1.73. The van der Waals surface area contributed by atoms with E-state index in [0.29, 0.717) is 5.02 Å². The molecular weight excluding hydrogens is 296 g/mol. The lowest BCUT2D eigenvalue weighted by atomic mass is 10.2. The molecule has 92 valence electrons. The number of rotatable bonds is 2. The third-order valence-corrected chi connectivity index (χ3v) is 3.09. The Morgan fingerprint density at radius 1 is 1.06 bits per heavy atom. The SMILES string of the molecule is O=C(Nc1ccc(Cl)nn1)c1cccc(Cl)c1Cl. The van der Waals surface area contributed by atoms with Crippen molar-refractivity contribution in [1.29, 1.82) is 0 Å². The van der Waals surface area contributed by atoms with E-state index in [9.17, 15) is 4.79 Å². The molecule has 1 aromatic heterocycles. The van der Waals surface area contributed by atoms with Crippen LogP contribution < -0.4 is 5.32 Å². The maximum atomic E-state index is 11.9. The minimum absolute atomic E-state index is 0.193. The van der Waals surface area contributed by atoms with E-state index in [0.717, 1.165) is 0 Å². The van der Waals surface area contributed by atoms with Gasteiger partial charge in [-0.1, -0.05) is 40.9 Å². The first-order chi connectivity index (χ1) is 8.58. The van der Waals surface area contributed by atoms with Gasteiger partial charge in [0.2, 0.25) is 0 Å². The van der Waals surface area contributed by atoms with Crippen LogP contribution in [0.5, 0.6) is 0 Å². The number of amides is 1. The van der Waals surface area contributed by atoms with Gasteiger partial charge in [0.25, 0.3) is 5.91 Å². The summed E-state index contributed by atoms with van der Waals surface area (Å²) in [4.78, 5) is 11.9. The Morgan fingerprint density at radius 2 is 1.83 bits per heavy atom. The fraction of sp³-hybridized carbons (Fsp3) is 0. The molecule has 0 aliphatic heterocycles. The average Bonchev–Trinajstić information content (AvgIpc) is 2.35. The molecule has 0 saturated carbocycles. The molecule has 0 aliphatic rings. The highest BCUT2D eigenvalue weighted by Crippen LogP contribution is 2.25. The van der Waals surface area contributed by atoms with Crippen LogP contribution in [0.15, 0.2) is 30.3 Å². The quantitative estimate of drug-likeness (QED) is 0.920. The molecule has 0 unspecified atom stereocenters. The van der Waals surface area contributed by atoms with Crippen LogP contribution in [-0.4, -0.2) is 16.1 Å². The Balaban J connectivity index is 2.22. The molecule has 1 heterocycles. The highest BCUT2D eigenvalue weighted by molar-refractivity contribution is 6.44. The summed E-state index contributed by atoms with van der Waals surface area (Å²) >= 11 is 17.3. The number of nitrogens with one attached hydrogen (secondary N) is 1. The molecule has 0 fully saturated rings. The predicted molar refractivity (Wildman–Crippen MR) is 71.5 cm³/mol. The molecule has 1 aromatic carbocycles. The van der Waals surface area contributed by atoms with Crippen LogP contribution in [0.3, 0.4) is 0 Å². The van der Waals surface area contributed by atoms with Crippen LogP contribution in [0.25, 0.3) is 0 Å². The van der Waals surface area contributed by atoms with Gasteiger partial charge in [0, 0.05) is 0 Å². The number of carbonyl (C=O) groups is 1. The number of hydrogen-bond donors (Lipinski definition) is 1. The van der Waals surface area contributed by atoms with Gasteiger partial charge in [-0.3, -0.25) is 4.79 Å². The van der Waals surface area contributed by atoms with E-state index < -0.39 is 5.91 Å². The maximum Gasteiger partial charge on any atom is 0.258 e. The lowest BCUT2D eigenvalue weighted by Gasteiger charge is -2.06. The molecular formula is C11H6Cl3N3O. The van der Waals surface area contributed by atoms with Gasteiger partial charge in [0.1, 0.15) is 0 Å². The molecule has 2 rings (SSSR count). The molecule has 0 radical (unpaired) electrons. The fourth-order valence-electron chi connectivity index (χ4n) is 1.25. The monoisotopic (exact) mass is 301 g/mol. The third-order valence-electron chi connectivity index (χ3n) is 2.07. The van der Waals surface area contributed by atoms with Crippen molar-refractivity contribution in [2.75, 3.05) is 5.32 Å². The van der Waals surface area contributed by atoms with Crippen molar-refractivity contribution in [2.45, 2.75) is 0 Å². The number of aromatic nitrogens is 2. The molecule has 2 aromatic rings. The molecule has 7 heteroatoms. The van der Waals surface area contributed by atoms with Crippen LogP contribution in [0.1, 0.15) is 10.4 Å². The summed E-state index contributed by atoms with van der Waals surface area (Å²) in [7, 11) is 0. The van der Waals surface area contributed by atoms with Gasteiger partial charge in [-0.25, -0.2) is 0 Å². The maximum absolute atomic E-state index is 11.9. The van der Waals surface area contributed by atoms with Crippen LogP contribution >= 0.6 is 34.8 Å². The summed E-state index contributed by atoms with van der Waals surface area (Å²) in [6, 6.07) is 7.85. The second-order valence-electron chi connectivity index (χ2n) is 3.30. The highest BCUT2D eigenvalue weighted by atomic mass is 35.5. The van der Waals surface area contributed by atoms with Gasteiger partial charge in [-0.2, -0.15) is 0 Å². The largest absolute Gasteiger partial charge is 0.305 e. The zero-order valence-electron chi connectivity index (χ0n) is 8.82. The van der Waals surface area contributed by atoms with Crippen molar-refractivity contribution in [1.82, 2.24) is 10.2 Å². The normalized spacial score (nSPS) is 10.2. The van der Waals surface area contributed by atoms with E-state index in [2.05, 4.69) is 15.5 Å². The van der Waals surface area contributed by atoms with Crippen molar-refractivity contribution in [3.63, 3.8) is 0 Å². The highest BCUT2D eigenvalue weighted by Gasteiger charge is 2.13. The average molecular weight is 303 g/mol. The summed E-state index contributed by atoms with van der Waals surface area (Å²) in [6.07, 6.45) is 0. The second kappa shape index (κ2) is 5.52. The first-order valence-corrected chi connectivity index (χ1v) is 5.96. The van der Waals surface area contributed by atoms with Crippen molar-refractivity contribution >= 4 is 46.5 Å². The van der Waals surface area contributed by atoms with Gasteiger partial charge >= 0.3 is 0 Å². The standard InChI is InChI=1S/C11H6Cl3N3O/c12-7-3-1-2-6(10(7)14)11(18)15-9-5-4-8(13)16-17-9/h1-5H,(H,15,17,18). The molecule has 0 aliphatic carbocycles. The van der Waals surface area contributed by atoms with Crippen LogP contribution in [0.2, 0.25) is 15.2 Å². The number of anilines is 1. The Bertz CT molecular complexity index is 587. The first-order valence-electron chi connectivity index (χ1n) is 4.82. The summed E-state index contributed by atoms with van der Waals surface area (Å²) < 4.78 is 0. The van der Waals surface area contributed by atoms with Crippen LogP contribution in [-0.2, 0) is 0 Å².